The lowest BCUT2D eigenvalue weighted by Crippen LogP contribution is -2.33. The number of hydrogen-bond acceptors (Lipinski definition) is 6. The lowest BCUT2D eigenvalue weighted by Gasteiger charge is -2.21. The van der Waals surface area contributed by atoms with Crippen LogP contribution in [0.2, 0.25) is 0 Å². The van der Waals surface area contributed by atoms with Crippen LogP contribution in [0, 0.1) is 18.8 Å². The third kappa shape index (κ3) is 3.88. The van der Waals surface area contributed by atoms with Crippen molar-refractivity contribution in [3.63, 3.8) is 0 Å². The average Bonchev–Trinajstić information content (AvgIpc) is 3.49. The van der Waals surface area contributed by atoms with Crippen LogP contribution in [0.1, 0.15) is 59.9 Å². The number of benzene rings is 1. The number of aromatic nitrogens is 2. The number of fused-ring (bicyclic) bond motifs is 2. The van der Waals surface area contributed by atoms with E-state index in [1.54, 1.807) is 11.3 Å². The smallest absolute Gasteiger partial charge is 0.253 e. The van der Waals surface area contributed by atoms with Crippen LogP contribution in [0.25, 0.3) is 10.2 Å². The molecule has 2 fully saturated rings. The van der Waals surface area contributed by atoms with Gasteiger partial charge in [-0.1, -0.05) is 19.9 Å². The van der Waals surface area contributed by atoms with Crippen LogP contribution in [-0.4, -0.2) is 39.9 Å². The van der Waals surface area contributed by atoms with E-state index < -0.39 is 0 Å². The van der Waals surface area contributed by atoms with Crippen molar-refractivity contribution in [2.24, 2.45) is 17.6 Å². The van der Waals surface area contributed by atoms with Crippen LogP contribution in [0.4, 0.5) is 0 Å². The maximum Gasteiger partial charge on any atom is 0.253 e. The highest BCUT2D eigenvalue weighted by molar-refractivity contribution is 7.16. The molecule has 1 aliphatic carbocycles. The van der Waals surface area contributed by atoms with Gasteiger partial charge in [0, 0.05) is 24.7 Å². The van der Waals surface area contributed by atoms with Gasteiger partial charge in [0.25, 0.3) is 5.91 Å². The van der Waals surface area contributed by atoms with Crippen molar-refractivity contribution in [3.05, 3.63) is 52.2 Å². The maximum absolute atomic E-state index is 13.2. The molecule has 3 aromatic rings. The third-order valence-corrected chi connectivity index (χ3v) is 7.79. The first-order valence-corrected chi connectivity index (χ1v) is 12.3. The molecule has 2 aliphatic rings. The number of ether oxygens (including phenoxy) is 1. The van der Waals surface area contributed by atoms with Crippen LogP contribution >= 0.6 is 11.3 Å². The fourth-order valence-corrected chi connectivity index (χ4v) is 6.04. The van der Waals surface area contributed by atoms with Gasteiger partial charge in [-0.15, -0.1) is 11.3 Å². The zero-order valence-corrected chi connectivity index (χ0v) is 19.7. The monoisotopic (exact) mass is 450 g/mol. The molecule has 0 radical (unpaired) electrons. The van der Waals surface area contributed by atoms with Gasteiger partial charge < -0.3 is 15.4 Å². The molecule has 1 amide bonds. The number of carbonyl (C=O) groups is 1. The van der Waals surface area contributed by atoms with Crippen molar-refractivity contribution < 1.29 is 9.53 Å². The number of nitrogens with zero attached hydrogens (tertiary/aromatic N) is 3. The second kappa shape index (κ2) is 8.45. The summed E-state index contributed by atoms with van der Waals surface area (Å²) in [5, 5.41) is 2.95. The van der Waals surface area contributed by atoms with Crippen LogP contribution in [-0.2, 0) is 6.61 Å². The van der Waals surface area contributed by atoms with E-state index in [0.717, 1.165) is 52.8 Å². The van der Waals surface area contributed by atoms with Crippen molar-refractivity contribution in [3.8, 4) is 5.88 Å². The Morgan fingerprint density at radius 1 is 1.25 bits per heavy atom. The number of likely N-dealkylation sites (tertiary alicyclic amines) is 1. The number of aryl methyl sites for hydroxylation is 1. The molecular formula is C25H30N4O2S. The molecule has 3 unspecified atom stereocenters. The number of hydrogen-bond donors (Lipinski definition) is 1. The summed E-state index contributed by atoms with van der Waals surface area (Å²) in [5.74, 6) is 2.74. The summed E-state index contributed by atoms with van der Waals surface area (Å²) in [6.07, 6.45) is 2.23. The van der Waals surface area contributed by atoms with E-state index in [1.807, 2.05) is 41.5 Å². The molecule has 1 aliphatic heterocycles. The molecule has 2 aromatic heterocycles. The Morgan fingerprint density at radius 2 is 2.09 bits per heavy atom. The summed E-state index contributed by atoms with van der Waals surface area (Å²) in [6, 6.07) is 8.25. The quantitative estimate of drug-likeness (QED) is 0.618. The first-order valence-electron chi connectivity index (χ1n) is 11.4. The molecule has 5 rings (SSSR count). The molecule has 7 heteroatoms. The molecule has 32 heavy (non-hydrogen) atoms. The number of nitrogens with two attached hydrogens (primary N) is 1. The van der Waals surface area contributed by atoms with E-state index in [4.69, 9.17) is 10.5 Å². The minimum atomic E-state index is 0.118. The minimum Gasteiger partial charge on any atom is -0.472 e. The minimum absolute atomic E-state index is 0.118. The standard InChI is InChI=1S/C25H30N4O2S/c1-14(2)20-10-16(25(30)29-11-17-6-7-22(26)21(17)12-29)4-5-18(20)13-31-23-19-8-9-32-24(19)28-15(3)27-23/h4-5,8-10,14,17,21-22H,6-7,11-13,26H2,1-3H3. The molecule has 0 bridgehead atoms. The van der Waals surface area contributed by atoms with E-state index in [2.05, 4.69) is 23.8 Å². The second-order valence-electron chi connectivity index (χ2n) is 9.45. The first kappa shape index (κ1) is 21.3. The Labute approximate surface area is 192 Å². The Hall–Kier alpha value is -2.51. The van der Waals surface area contributed by atoms with Crippen LogP contribution < -0.4 is 10.5 Å². The van der Waals surface area contributed by atoms with Gasteiger partial charge in [-0.3, -0.25) is 4.79 Å². The third-order valence-electron chi connectivity index (χ3n) is 6.98. The van der Waals surface area contributed by atoms with Gasteiger partial charge in [0.15, 0.2) is 0 Å². The summed E-state index contributed by atoms with van der Waals surface area (Å²) in [6.45, 7) is 8.22. The van der Waals surface area contributed by atoms with E-state index in [0.29, 0.717) is 30.1 Å². The van der Waals surface area contributed by atoms with Gasteiger partial charge in [0.1, 0.15) is 17.3 Å². The van der Waals surface area contributed by atoms with E-state index in [-0.39, 0.29) is 17.9 Å². The molecule has 3 heterocycles. The molecule has 3 atom stereocenters. The summed E-state index contributed by atoms with van der Waals surface area (Å²) < 4.78 is 6.14. The van der Waals surface area contributed by atoms with Crippen LogP contribution in [0.15, 0.2) is 29.6 Å². The lowest BCUT2D eigenvalue weighted by atomic mass is 9.95. The Balaban J connectivity index is 1.35. The normalized spacial score (nSPS) is 22.7. The molecule has 168 valence electrons. The number of thiophene rings is 1. The Kier molecular flexibility index (Phi) is 5.63. The highest BCUT2D eigenvalue weighted by Crippen LogP contribution is 2.38. The van der Waals surface area contributed by atoms with Gasteiger partial charge in [-0.25, -0.2) is 4.98 Å². The highest BCUT2D eigenvalue weighted by atomic mass is 32.1. The lowest BCUT2D eigenvalue weighted by molar-refractivity contribution is 0.0779. The van der Waals surface area contributed by atoms with Crippen molar-refractivity contribution in [2.45, 2.75) is 52.2 Å². The fraction of sp³-hybridized carbons (Fsp3) is 0.480. The number of carbonyl (C=O) groups excluding carboxylic acids is 1. The van der Waals surface area contributed by atoms with Gasteiger partial charge in [-0.2, -0.15) is 4.98 Å². The number of amides is 1. The van der Waals surface area contributed by atoms with E-state index in [9.17, 15) is 4.79 Å². The number of rotatable bonds is 5. The highest BCUT2D eigenvalue weighted by Gasteiger charge is 2.42. The Morgan fingerprint density at radius 3 is 2.88 bits per heavy atom. The topological polar surface area (TPSA) is 81.3 Å². The van der Waals surface area contributed by atoms with E-state index in [1.165, 1.54) is 0 Å². The summed E-state index contributed by atoms with van der Waals surface area (Å²) in [4.78, 5) is 25.1. The second-order valence-corrected chi connectivity index (χ2v) is 10.3. The van der Waals surface area contributed by atoms with Crippen LogP contribution in [0.5, 0.6) is 5.88 Å². The molecule has 2 N–H and O–H groups in total. The van der Waals surface area contributed by atoms with Gasteiger partial charge in [-0.05, 0) is 72.2 Å². The fourth-order valence-electron chi connectivity index (χ4n) is 5.24. The van der Waals surface area contributed by atoms with Crippen molar-refractivity contribution in [2.75, 3.05) is 13.1 Å². The average molecular weight is 451 g/mol. The predicted molar refractivity (Wildman–Crippen MR) is 127 cm³/mol. The van der Waals surface area contributed by atoms with Gasteiger partial charge in [0.2, 0.25) is 5.88 Å². The maximum atomic E-state index is 13.2. The molecule has 1 aromatic carbocycles. The summed E-state index contributed by atoms with van der Waals surface area (Å²) in [5.41, 5.74) is 9.23. The largest absolute Gasteiger partial charge is 0.472 e. The SMILES string of the molecule is Cc1nc(OCc2ccc(C(=O)N3CC4CCC(N)C4C3)cc2C(C)C)c2ccsc2n1. The molecule has 6 nitrogen and oxygen atoms in total. The first-order chi connectivity index (χ1) is 15.4. The zero-order chi connectivity index (χ0) is 22.4. The molecule has 1 saturated carbocycles. The zero-order valence-electron chi connectivity index (χ0n) is 18.9. The van der Waals surface area contributed by atoms with Crippen molar-refractivity contribution >= 4 is 27.5 Å². The van der Waals surface area contributed by atoms with E-state index >= 15 is 0 Å². The predicted octanol–water partition coefficient (Wildman–Crippen LogP) is 4.51. The Bertz CT molecular complexity index is 1160. The van der Waals surface area contributed by atoms with Crippen molar-refractivity contribution in [1.82, 2.24) is 14.9 Å². The summed E-state index contributed by atoms with van der Waals surface area (Å²) >= 11 is 1.59. The van der Waals surface area contributed by atoms with Gasteiger partial charge >= 0.3 is 0 Å². The van der Waals surface area contributed by atoms with Gasteiger partial charge in [0.05, 0.1) is 5.39 Å². The summed E-state index contributed by atoms with van der Waals surface area (Å²) in [7, 11) is 0. The van der Waals surface area contributed by atoms with Crippen molar-refractivity contribution in [1.29, 1.82) is 0 Å². The molecule has 0 spiro atoms. The molecular weight excluding hydrogens is 420 g/mol. The molecule has 1 saturated heterocycles. The van der Waals surface area contributed by atoms with Crippen LogP contribution in [0.3, 0.4) is 0 Å².